The second kappa shape index (κ2) is 6.33. The zero-order chi connectivity index (χ0) is 20.4. The van der Waals surface area contributed by atoms with Crippen LogP contribution < -0.4 is 0 Å². The molecule has 0 bridgehead atoms. The third-order valence-corrected chi connectivity index (χ3v) is 7.95. The average molecular weight is 379 g/mol. The molecular weight excluding hydrogens is 344 g/mol. The summed E-state index contributed by atoms with van der Waals surface area (Å²) in [6.07, 6.45) is 3.35. The molecule has 7 atom stereocenters. The van der Waals surface area contributed by atoms with E-state index in [0.717, 1.165) is 12.8 Å². The third kappa shape index (κ3) is 2.60. The van der Waals surface area contributed by atoms with Gasteiger partial charge in [-0.2, -0.15) is 0 Å². The largest absolute Gasteiger partial charge is 0.461 e. The monoisotopic (exact) mass is 378 g/mol. The molecule has 3 saturated carbocycles. The summed E-state index contributed by atoms with van der Waals surface area (Å²) >= 11 is 0. The number of allylic oxidation sites excluding steroid dienone is 1. The fraction of sp³-hybridized carbons (Fsp3) is 0.818. The lowest BCUT2D eigenvalue weighted by Gasteiger charge is -2.49. The van der Waals surface area contributed by atoms with Crippen LogP contribution in [0.2, 0.25) is 0 Å². The van der Waals surface area contributed by atoms with Crippen LogP contribution in [0.3, 0.4) is 0 Å². The molecule has 0 amide bonds. The van der Waals surface area contributed by atoms with Crippen molar-refractivity contribution in [2.75, 3.05) is 0 Å². The lowest BCUT2D eigenvalue weighted by Crippen LogP contribution is -2.55. The maximum atomic E-state index is 12.5. The van der Waals surface area contributed by atoms with Gasteiger partial charge < -0.3 is 14.6 Å². The summed E-state index contributed by atoms with van der Waals surface area (Å²) in [5.74, 6) is -0.552. The quantitative estimate of drug-likeness (QED) is 0.600. The summed E-state index contributed by atoms with van der Waals surface area (Å²) in [6.45, 7) is 13.3. The summed E-state index contributed by atoms with van der Waals surface area (Å²) in [5, 5.41) is 12.1. The molecule has 3 fully saturated rings. The maximum absolute atomic E-state index is 12.5. The predicted molar refractivity (Wildman–Crippen MR) is 102 cm³/mol. The Labute approximate surface area is 162 Å². The van der Waals surface area contributed by atoms with Crippen molar-refractivity contribution in [2.45, 2.75) is 85.5 Å². The van der Waals surface area contributed by atoms with Gasteiger partial charge in [-0.3, -0.25) is 4.79 Å². The average Bonchev–Trinajstić information content (AvgIpc) is 2.86. The van der Waals surface area contributed by atoms with Gasteiger partial charge in [-0.25, -0.2) is 4.79 Å². The van der Waals surface area contributed by atoms with E-state index in [-0.39, 0.29) is 41.2 Å². The normalized spacial score (nSPS) is 45.3. The van der Waals surface area contributed by atoms with Crippen LogP contribution in [0.4, 0.5) is 0 Å². The van der Waals surface area contributed by atoms with Crippen molar-refractivity contribution in [3.05, 3.63) is 11.6 Å². The minimum Gasteiger partial charge on any atom is -0.461 e. The fourth-order valence-electron chi connectivity index (χ4n) is 6.80. The molecule has 0 aromatic heterocycles. The van der Waals surface area contributed by atoms with Gasteiger partial charge in [0.2, 0.25) is 0 Å². The number of carbonyl (C=O) groups is 2. The Morgan fingerprint density at radius 3 is 2.30 bits per heavy atom. The van der Waals surface area contributed by atoms with Crippen molar-refractivity contribution in [1.29, 1.82) is 0 Å². The van der Waals surface area contributed by atoms with Crippen LogP contribution in [0.25, 0.3) is 0 Å². The topological polar surface area (TPSA) is 72.8 Å². The highest BCUT2D eigenvalue weighted by atomic mass is 16.6. The van der Waals surface area contributed by atoms with Gasteiger partial charge in [0.05, 0.1) is 5.60 Å². The van der Waals surface area contributed by atoms with Crippen molar-refractivity contribution in [3.63, 3.8) is 0 Å². The number of hydrogen-bond acceptors (Lipinski definition) is 5. The van der Waals surface area contributed by atoms with Gasteiger partial charge in [0.1, 0.15) is 12.2 Å². The standard InChI is InChI=1S/C22H34O5/c1-8-12(2)18(24)27-15-11-21(7)19(26-14(4)23)20(5,6)16-10-9-13(3)17(15)22(16,21)25/h8,13,15-17,19,25H,9-11H2,1-7H3/b12-8-/t13-,15+,16-,17-,19+,21+,22+/m0/s1. The molecule has 3 aliphatic rings. The zero-order valence-electron chi connectivity index (χ0n) is 17.7. The molecule has 0 heterocycles. The second-order valence-electron chi connectivity index (χ2n) is 9.81. The molecule has 0 aliphatic heterocycles. The van der Waals surface area contributed by atoms with E-state index < -0.39 is 17.1 Å². The highest BCUT2D eigenvalue weighted by Gasteiger charge is 2.79. The Kier molecular flexibility index (Phi) is 4.78. The van der Waals surface area contributed by atoms with Gasteiger partial charge in [-0.05, 0) is 44.9 Å². The minimum atomic E-state index is -1.01. The highest BCUT2D eigenvalue weighted by Crippen LogP contribution is 2.73. The van der Waals surface area contributed by atoms with E-state index in [0.29, 0.717) is 12.0 Å². The smallest absolute Gasteiger partial charge is 0.333 e. The lowest BCUT2D eigenvalue weighted by molar-refractivity contribution is -0.169. The number of ether oxygens (including phenoxy) is 2. The molecule has 0 radical (unpaired) electrons. The van der Waals surface area contributed by atoms with E-state index in [1.165, 1.54) is 6.92 Å². The summed E-state index contributed by atoms with van der Waals surface area (Å²) < 4.78 is 11.7. The number of hydrogen-bond donors (Lipinski definition) is 1. The van der Waals surface area contributed by atoms with Gasteiger partial charge in [-0.15, -0.1) is 0 Å². The number of aliphatic hydroxyl groups is 1. The Balaban J connectivity index is 2.05. The molecule has 27 heavy (non-hydrogen) atoms. The molecule has 0 saturated heterocycles. The highest BCUT2D eigenvalue weighted by molar-refractivity contribution is 5.87. The molecule has 3 aliphatic carbocycles. The van der Waals surface area contributed by atoms with Gasteiger partial charge >= 0.3 is 11.9 Å². The van der Waals surface area contributed by atoms with Gasteiger partial charge in [-0.1, -0.05) is 33.8 Å². The third-order valence-electron chi connectivity index (χ3n) is 7.95. The minimum absolute atomic E-state index is 0.00654. The van der Waals surface area contributed by atoms with Crippen LogP contribution in [0.15, 0.2) is 11.6 Å². The van der Waals surface area contributed by atoms with E-state index in [1.807, 2.05) is 13.8 Å². The van der Waals surface area contributed by atoms with Crippen LogP contribution in [-0.4, -0.2) is 34.9 Å². The van der Waals surface area contributed by atoms with Crippen molar-refractivity contribution in [3.8, 4) is 0 Å². The molecule has 5 heteroatoms. The van der Waals surface area contributed by atoms with Crippen molar-refractivity contribution in [1.82, 2.24) is 0 Å². The Morgan fingerprint density at radius 2 is 1.74 bits per heavy atom. The summed E-state index contributed by atoms with van der Waals surface area (Å²) in [6, 6.07) is 0. The van der Waals surface area contributed by atoms with E-state index >= 15 is 0 Å². The molecule has 0 unspecified atom stereocenters. The van der Waals surface area contributed by atoms with Crippen LogP contribution in [0.1, 0.15) is 67.7 Å². The molecule has 152 valence electrons. The van der Waals surface area contributed by atoms with Gasteiger partial charge in [0, 0.05) is 29.2 Å². The van der Waals surface area contributed by atoms with Gasteiger partial charge in [0.15, 0.2) is 0 Å². The molecule has 3 rings (SSSR count). The molecular formula is C22H34O5. The molecule has 0 aromatic rings. The fourth-order valence-corrected chi connectivity index (χ4v) is 6.80. The van der Waals surface area contributed by atoms with Crippen LogP contribution in [-0.2, 0) is 19.1 Å². The lowest BCUT2D eigenvalue weighted by atomic mass is 9.60. The van der Waals surface area contributed by atoms with Crippen LogP contribution in [0, 0.1) is 28.6 Å². The number of rotatable bonds is 3. The molecule has 1 N–H and O–H groups in total. The van der Waals surface area contributed by atoms with Crippen LogP contribution >= 0.6 is 0 Å². The van der Waals surface area contributed by atoms with E-state index in [4.69, 9.17) is 9.47 Å². The maximum Gasteiger partial charge on any atom is 0.333 e. The number of carbonyl (C=O) groups excluding carboxylic acids is 2. The molecule has 5 nitrogen and oxygen atoms in total. The first-order chi connectivity index (χ1) is 12.4. The Morgan fingerprint density at radius 1 is 1.11 bits per heavy atom. The predicted octanol–water partition coefficient (Wildman–Crippen LogP) is 3.64. The molecule has 0 aromatic carbocycles. The van der Waals surface area contributed by atoms with Crippen molar-refractivity contribution >= 4 is 11.9 Å². The van der Waals surface area contributed by atoms with E-state index in [9.17, 15) is 14.7 Å². The van der Waals surface area contributed by atoms with E-state index in [2.05, 4.69) is 20.8 Å². The first-order valence-electron chi connectivity index (χ1n) is 10.1. The number of esters is 2. The van der Waals surface area contributed by atoms with Gasteiger partial charge in [0.25, 0.3) is 0 Å². The summed E-state index contributed by atoms with van der Waals surface area (Å²) in [5.41, 5.74) is -1.41. The second-order valence-corrected chi connectivity index (χ2v) is 9.81. The summed E-state index contributed by atoms with van der Waals surface area (Å²) in [4.78, 5) is 24.3. The first kappa shape index (κ1) is 20.4. The van der Waals surface area contributed by atoms with Crippen molar-refractivity contribution < 1.29 is 24.2 Å². The Hall–Kier alpha value is -1.36. The SMILES string of the molecule is C/C=C(/C)C(=O)O[C@@H]1C[C@]2(C)[C@H](OC(C)=O)C(C)(C)[C@@H]3CC[C@H](C)[C@@H]1[C@]32O. The zero-order valence-corrected chi connectivity index (χ0v) is 17.7. The van der Waals surface area contributed by atoms with Crippen LogP contribution in [0.5, 0.6) is 0 Å². The first-order valence-corrected chi connectivity index (χ1v) is 10.1. The molecule has 0 spiro atoms. The van der Waals surface area contributed by atoms with E-state index in [1.54, 1.807) is 13.0 Å². The Bertz CT molecular complexity index is 680. The van der Waals surface area contributed by atoms with Crippen molar-refractivity contribution in [2.24, 2.45) is 28.6 Å². The summed E-state index contributed by atoms with van der Waals surface area (Å²) in [7, 11) is 0.